The van der Waals surface area contributed by atoms with Gasteiger partial charge in [0.25, 0.3) is 0 Å². The molecule has 1 atom stereocenters. The van der Waals surface area contributed by atoms with E-state index in [1.165, 1.54) is 5.56 Å². The van der Waals surface area contributed by atoms with Crippen molar-refractivity contribution in [2.75, 3.05) is 6.54 Å². The zero-order valence-corrected chi connectivity index (χ0v) is 9.43. The van der Waals surface area contributed by atoms with Crippen molar-refractivity contribution in [3.63, 3.8) is 0 Å². The van der Waals surface area contributed by atoms with E-state index in [0.717, 1.165) is 12.0 Å². The molecule has 16 heavy (non-hydrogen) atoms. The van der Waals surface area contributed by atoms with Gasteiger partial charge in [-0.1, -0.05) is 31.2 Å². The SMILES string of the molecule is CCc1ccc(C(C)NCC(F)(F)F)cc1. The molecule has 0 heterocycles. The summed E-state index contributed by atoms with van der Waals surface area (Å²) in [6, 6.07) is 7.34. The van der Waals surface area contributed by atoms with Crippen LogP contribution in [0.1, 0.15) is 31.0 Å². The Morgan fingerprint density at radius 1 is 1.19 bits per heavy atom. The minimum Gasteiger partial charge on any atom is -0.302 e. The molecule has 90 valence electrons. The summed E-state index contributed by atoms with van der Waals surface area (Å²) in [7, 11) is 0. The average molecular weight is 231 g/mol. The second kappa shape index (κ2) is 5.34. The van der Waals surface area contributed by atoms with Crippen molar-refractivity contribution < 1.29 is 13.2 Å². The minimum atomic E-state index is -4.16. The van der Waals surface area contributed by atoms with Gasteiger partial charge in [-0.15, -0.1) is 0 Å². The fourth-order valence-electron chi connectivity index (χ4n) is 1.43. The van der Waals surface area contributed by atoms with Crippen molar-refractivity contribution in [3.05, 3.63) is 35.4 Å². The zero-order valence-electron chi connectivity index (χ0n) is 9.43. The predicted octanol–water partition coefficient (Wildman–Crippen LogP) is 3.46. The molecule has 0 aliphatic rings. The number of hydrogen-bond acceptors (Lipinski definition) is 1. The summed E-state index contributed by atoms with van der Waals surface area (Å²) in [5.41, 5.74) is 2.06. The Labute approximate surface area is 93.7 Å². The largest absolute Gasteiger partial charge is 0.401 e. The van der Waals surface area contributed by atoms with Crippen LogP contribution in [0, 0.1) is 0 Å². The van der Waals surface area contributed by atoms with E-state index in [9.17, 15) is 13.2 Å². The summed E-state index contributed by atoms with van der Waals surface area (Å²) in [5, 5.41) is 2.45. The Morgan fingerprint density at radius 3 is 2.19 bits per heavy atom. The van der Waals surface area contributed by atoms with Crippen LogP contribution in [-0.4, -0.2) is 12.7 Å². The van der Waals surface area contributed by atoms with E-state index in [1.807, 2.05) is 31.2 Å². The van der Waals surface area contributed by atoms with E-state index in [-0.39, 0.29) is 6.04 Å². The maximum absolute atomic E-state index is 12.0. The van der Waals surface area contributed by atoms with Gasteiger partial charge in [-0.05, 0) is 24.5 Å². The lowest BCUT2D eigenvalue weighted by Crippen LogP contribution is -2.30. The molecule has 0 aromatic heterocycles. The summed E-state index contributed by atoms with van der Waals surface area (Å²) in [4.78, 5) is 0. The molecule has 1 aromatic rings. The third-order valence-corrected chi connectivity index (χ3v) is 2.50. The van der Waals surface area contributed by atoms with E-state index in [2.05, 4.69) is 5.32 Å². The van der Waals surface area contributed by atoms with Crippen LogP contribution < -0.4 is 5.32 Å². The monoisotopic (exact) mass is 231 g/mol. The summed E-state index contributed by atoms with van der Waals surface area (Å²) >= 11 is 0. The average Bonchev–Trinajstić information content (AvgIpc) is 2.25. The number of hydrogen-bond donors (Lipinski definition) is 1. The van der Waals surface area contributed by atoms with Crippen molar-refractivity contribution in [2.45, 2.75) is 32.5 Å². The topological polar surface area (TPSA) is 12.0 Å². The van der Waals surface area contributed by atoms with Crippen LogP contribution in [0.3, 0.4) is 0 Å². The molecule has 4 heteroatoms. The van der Waals surface area contributed by atoms with E-state index >= 15 is 0 Å². The maximum Gasteiger partial charge on any atom is 0.401 e. The molecule has 1 aromatic carbocycles. The third kappa shape index (κ3) is 4.23. The molecule has 0 radical (unpaired) electrons. The van der Waals surface area contributed by atoms with Gasteiger partial charge in [0.05, 0.1) is 6.54 Å². The van der Waals surface area contributed by atoms with Crippen molar-refractivity contribution in [1.82, 2.24) is 5.32 Å². The van der Waals surface area contributed by atoms with Crippen LogP contribution in [-0.2, 0) is 6.42 Å². The molecule has 0 fully saturated rings. The minimum absolute atomic E-state index is 0.285. The van der Waals surface area contributed by atoms with Gasteiger partial charge in [-0.25, -0.2) is 0 Å². The van der Waals surface area contributed by atoms with Crippen molar-refractivity contribution in [2.24, 2.45) is 0 Å². The standard InChI is InChI=1S/C12H16F3N/c1-3-10-4-6-11(7-5-10)9(2)16-8-12(13,14)15/h4-7,9,16H,3,8H2,1-2H3. The van der Waals surface area contributed by atoms with Crippen molar-refractivity contribution in [1.29, 1.82) is 0 Å². The van der Waals surface area contributed by atoms with Crippen molar-refractivity contribution in [3.8, 4) is 0 Å². The van der Waals surface area contributed by atoms with Crippen LogP contribution in [0.15, 0.2) is 24.3 Å². The fraction of sp³-hybridized carbons (Fsp3) is 0.500. The summed E-state index contributed by atoms with van der Waals surface area (Å²) in [6.07, 6.45) is -3.22. The second-order valence-corrected chi connectivity index (χ2v) is 3.81. The van der Waals surface area contributed by atoms with Crippen LogP contribution in [0.5, 0.6) is 0 Å². The van der Waals surface area contributed by atoms with Crippen LogP contribution >= 0.6 is 0 Å². The van der Waals surface area contributed by atoms with Gasteiger partial charge in [0.1, 0.15) is 0 Å². The van der Waals surface area contributed by atoms with Gasteiger partial charge in [0, 0.05) is 6.04 Å². The molecule has 0 saturated heterocycles. The normalized spacial score (nSPS) is 13.8. The molecule has 0 bridgehead atoms. The quantitative estimate of drug-likeness (QED) is 0.836. The molecular formula is C12H16F3N. The lowest BCUT2D eigenvalue weighted by molar-refractivity contribution is -0.126. The highest BCUT2D eigenvalue weighted by atomic mass is 19.4. The van der Waals surface area contributed by atoms with Gasteiger partial charge in [0.15, 0.2) is 0 Å². The van der Waals surface area contributed by atoms with Gasteiger partial charge in [-0.2, -0.15) is 13.2 Å². The molecule has 0 spiro atoms. The fourth-order valence-corrected chi connectivity index (χ4v) is 1.43. The molecule has 1 N–H and O–H groups in total. The molecule has 0 aliphatic heterocycles. The number of halogens is 3. The smallest absolute Gasteiger partial charge is 0.302 e. The van der Waals surface area contributed by atoms with Gasteiger partial charge >= 0.3 is 6.18 Å². The highest BCUT2D eigenvalue weighted by Crippen LogP contribution is 2.17. The first-order valence-corrected chi connectivity index (χ1v) is 5.31. The first-order chi connectivity index (χ1) is 7.42. The molecule has 0 saturated carbocycles. The first-order valence-electron chi connectivity index (χ1n) is 5.31. The highest BCUT2D eigenvalue weighted by Gasteiger charge is 2.27. The van der Waals surface area contributed by atoms with Gasteiger partial charge in [0.2, 0.25) is 0 Å². The van der Waals surface area contributed by atoms with E-state index in [1.54, 1.807) is 6.92 Å². The predicted molar refractivity (Wildman–Crippen MR) is 58.3 cm³/mol. The van der Waals surface area contributed by atoms with Crippen molar-refractivity contribution >= 4 is 0 Å². The first kappa shape index (κ1) is 13.0. The number of alkyl halides is 3. The number of benzene rings is 1. The Balaban J connectivity index is 2.56. The number of aryl methyl sites for hydroxylation is 1. The molecular weight excluding hydrogens is 215 g/mol. The zero-order chi connectivity index (χ0) is 12.2. The molecule has 0 aliphatic carbocycles. The number of rotatable bonds is 4. The lowest BCUT2D eigenvalue weighted by Gasteiger charge is -2.16. The summed E-state index contributed by atoms with van der Waals surface area (Å²) in [5.74, 6) is 0. The Morgan fingerprint density at radius 2 is 1.75 bits per heavy atom. The lowest BCUT2D eigenvalue weighted by atomic mass is 10.1. The second-order valence-electron chi connectivity index (χ2n) is 3.81. The van der Waals surface area contributed by atoms with Crippen LogP contribution in [0.4, 0.5) is 13.2 Å². The van der Waals surface area contributed by atoms with E-state index in [0.29, 0.717) is 0 Å². The van der Waals surface area contributed by atoms with Crippen LogP contribution in [0.2, 0.25) is 0 Å². The molecule has 1 rings (SSSR count). The van der Waals surface area contributed by atoms with E-state index < -0.39 is 12.7 Å². The van der Waals surface area contributed by atoms with E-state index in [4.69, 9.17) is 0 Å². The van der Waals surface area contributed by atoms with Gasteiger partial charge in [-0.3, -0.25) is 0 Å². The van der Waals surface area contributed by atoms with Crippen LogP contribution in [0.25, 0.3) is 0 Å². The molecule has 1 unspecified atom stereocenters. The molecule has 1 nitrogen and oxygen atoms in total. The Bertz CT molecular complexity index is 316. The summed E-state index contributed by atoms with van der Waals surface area (Å²) in [6.45, 7) is 2.82. The maximum atomic E-state index is 12.0. The highest BCUT2D eigenvalue weighted by molar-refractivity contribution is 5.24. The Hall–Kier alpha value is -1.03. The van der Waals surface area contributed by atoms with Gasteiger partial charge < -0.3 is 5.32 Å². The Kier molecular flexibility index (Phi) is 4.35. The summed E-state index contributed by atoms with van der Waals surface area (Å²) < 4.78 is 36.0. The number of nitrogens with one attached hydrogen (secondary N) is 1. The third-order valence-electron chi connectivity index (χ3n) is 2.50. The molecule has 0 amide bonds.